The molecule has 0 aliphatic heterocycles. The van der Waals surface area contributed by atoms with Gasteiger partial charge in [0, 0.05) is 16.3 Å². The Balaban J connectivity index is 1.55. The monoisotopic (exact) mass is 478 g/mol. The molecule has 0 aliphatic rings. The molecule has 3 rings (SSSR count). The van der Waals surface area contributed by atoms with Crippen LogP contribution < -0.4 is 16.2 Å². The van der Waals surface area contributed by atoms with Gasteiger partial charge in [0.25, 0.3) is 5.56 Å². The summed E-state index contributed by atoms with van der Waals surface area (Å²) in [5, 5.41) is 7.98. The number of aromatic amines is 1. The van der Waals surface area contributed by atoms with Crippen molar-refractivity contribution in [2.75, 3.05) is 12.3 Å². The Hall–Kier alpha value is -2.17. The van der Waals surface area contributed by atoms with Gasteiger partial charge in [0.2, 0.25) is 5.91 Å². The number of fused-ring (bicyclic) bond motifs is 1. The van der Waals surface area contributed by atoms with Crippen LogP contribution in [0, 0.1) is 12.8 Å². The van der Waals surface area contributed by atoms with Crippen LogP contribution in [-0.2, 0) is 17.6 Å². The minimum Gasteiger partial charge on any atom is -0.337 e. The van der Waals surface area contributed by atoms with Crippen LogP contribution in [0.2, 0.25) is 0 Å². The molecule has 0 radical (unpaired) electrons. The zero-order chi connectivity index (χ0) is 22.4. The van der Waals surface area contributed by atoms with Gasteiger partial charge in [-0.05, 0) is 42.7 Å². The summed E-state index contributed by atoms with van der Waals surface area (Å²) in [6, 6.07) is 3.43. The quantitative estimate of drug-likeness (QED) is 0.317. The fraction of sp³-hybridized carbons (Fsp3) is 0.429. The number of rotatable bonds is 9. The zero-order valence-electron chi connectivity index (χ0n) is 17.7. The van der Waals surface area contributed by atoms with Crippen molar-refractivity contribution < 1.29 is 9.59 Å². The molecule has 0 bridgehead atoms. The summed E-state index contributed by atoms with van der Waals surface area (Å²) in [7, 11) is 0. The van der Waals surface area contributed by atoms with Crippen molar-refractivity contribution in [1.82, 2.24) is 20.6 Å². The van der Waals surface area contributed by atoms with Crippen LogP contribution in [0.5, 0.6) is 0 Å². The normalized spacial score (nSPS) is 12.1. The van der Waals surface area contributed by atoms with Crippen LogP contribution in [-0.4, -0.2) is 34.2 Å². The number of H-pyrrole nitrogens is 1. The average Bonchev–Trinajstić information content (AvgIpc) is 3.34. The number of urea groups is 1. The van der Waals surface area contributed by atoms with Crippen molar-refractivity contribution >= 4 is 56.6 Å². The predicted octanol–water partition coefficient (Wildman–Crippen LogP) is 4.10. The van der Waals surface area contributed by atoms with Crippen molar-refractivity contribution in [2.45, 2.75) is 45.2 Å². The highest BCUT2D eigenvalue weighted by molar-refractivity contribution is 7.99. The van der Waals surface area contributed by atoms with Gasteiger partial charge in [0.15, 0.2) is 5.16 Å². The summed E-state index contributed by atoms with van der Waals surface area (Å²) in [6.07, 6.45) is 2.62. The SMILES string of the molecule is CCC(C)Cc1c(C)sc2nc(SCC(=O)NC(=O)NCCc3cccs3)[nH]c(=O)c12. The van der Waals surface area contributed by atoms with Gasteiger partial charge in [-0.25, -0.2) is 9.78 Å². The lowest BCUT2D eigenvalue weighted by molar-refractivity contribution is -0.117. The predicted molar refractivity (Wildman–Crippen MR) is 128 cm³/mol. The van der Waals surface area contributed by atoms with Crippen LogP contribution in [0.4, 0.5) is 4.79 Å². The number of thioether (sulfide) groups is 1. The number of thiophene rings is 2. The van der Waals surface area contributed by atoms with Gasteiger partial charge in [-0.15, -0.1) is 22.7 Å². The number of amides is 3. The lowest BCUT2D eigenvalue weighted by Crippen LogP contribution is -2.41. The summed E-state index contributed by atoms with van der Waals surface area (Å²) in [5.74, 6) is 0.0305. The van der Waals surface area contributed by atoms with Gasteiger partial charge < -0.3 is 10.3 Å². The summed E-state index contributed by atoms with van der Waals surface area (Å²) in [5.41, 5.74) is 0.887. The maximum absolute atomic E-state index is 12.7. The third-order valence-corrected chi connectivity index (χ3v) is 7.77. The van der Waals surface area contributed by atoms with E-state index >= 15 is 0 Å². The molecule has 0 saturated carbocycles. The highest BCUT2D eigenvalue weighted by Crippen LogP contribution is 2.30. The molecule has 0 saturated heterocycles. The van der Waals surface area contributed by atoms with E-state index in [4.69, 9.17) is 0 Å². The minimum absolute atomic E-state index is 0.0170. The van der Waals surface area contributed by atoms with Crippen molar-refractivity contribution in [3.8, 4) is 0 Å². The lowest BCUT2D eigenvalue weighted by atomic mass is 9.98. The molecule has 3 aromatic rings. The second-order valence-corrected chi connectivity index (χ2v) is 10.5. The van der Waals surface area contributed by atoms with Crippen molar-refractivity contribution in [1.29, 1.82) is 0 Å². The van der Waals surface area contributed by atoms with Gasteiger partial charge in [-0.2, -0.15) is 0 Å². The number of nitrogens with one attached hydrogen (secondary N) is 3. The van der Waals surface area contributed by atoms with E-state index in [0.29, 0.717) is 27.8 Å². The topological polar surface area (TPSA) is 104 Å². The molecule has 1 atom stereocenters. The standard InChI is InChI=1S/C21H26N4O3S3/c1-4-12(2)10-15-13(3)31-19-17(15)18(27)24-21(25-19)30-11-16(26)23-20(28)22-8-7-14-6-5-9-29-14/h5-6,9,12H,4,7-8,10-11H2,1-3H3,(H,24,25,27)(H2,22,23,26,28). The first-order chi connectivity index (χ1) is 14.9. The van der Waals surface area contributed by atoms with Crippen LogP contribution >= 0.6 is 34.4 Å². The summed E-state index contributed by atoms with van der Waals surface area (Å²) in [4.78, 5) is 46.9. The van der Waals surface area contributed by atoms with E-state index in [2.05, 4.69) is 34.4 Å². The Morgan fingerprint density at radius 2 is 2.16 bits per heavy atom. The third kappa shape index (κ3) is 6.41. The van der Waals surface area contributed by atoms with E-state index in [1.165, 1.54) is 16.2 Å². The van der Waals surface area contributed by atoms with Gasteiger partial charge in [-0.3, -0.25) is 14.9 Å². The van der Waals surface area contributed by atoms with E-state index in [1.807, 2.05) is 24.4 Å². The smallest absolute Gasteiger partial charge is 0.321 e. The third-order valence-electron chi connectivity index (χ3n) is 4.92. The van der Waals surface area contributed by atoms with E-state index in [9.17, 15) is 14.4 Å². The summed E-state index contributed by atoms with van der Waals surface area (Å²) in [6.45, 7) is 6.78. The Morgan fingerprint density at radius 1 is 1.35 bits per heavy atom. The first kappa shape index (κ1) is 23.5. The molecule has 3 aromatic heterocycles. The van der Waals surface area contributed by atoms with Crippen molar-refractivity contribution in [3.05, 3.63) is 43.2 Å². The van der Waals surface area contributed by atoms with Crippen LogP contribution in [0.25, 0.3) is 10.2 Å². The molecule has 0 aliphatic carbocycles. The second kappa shape index (κ2) is 10.9. The fourth-order valence-corrected chi connectivity index (χ4v) is 5.54. The summed E-state index contributed by atoms with van der Waals surface area (Å²) >= 11 is 4.23. The van der Waals surface area contributed by atoms with Crippen molar-refractivity contribution in [2.24, 2.45) is 5.92 Å². The first-order valence-corrected chi connectivity index (χ1v) is 12.8. The Kier molecular flexibility index (Phi) is 8.28. The Morgan fingerprint density at radius 3 is 2.87 bits per heavy atom. The molecule has 0 spiro atoms. The molecule has 1 unspecified atom stereocenters. The van der Waals surface area contributed by atoms with Gasteiger partial charge >= 0.3 is 6.03 Å². The number of hydrogen-bond acceptors (Lipinski definition) is 7. The molecule has 31 heavy (non-hydrogen) atoms. The molecule has 3 amide bonds. The van der Waals surface area contributed by atoms with E-state index < -0.39 is 11.9 Å². The number of carbonyl (C=O) groups excluding carboxylic acids is 2. The number of hydrogen-bond donors (Lipinski definition) is 3. The zero-order valence-corrected chi connectivity index (χ0v) is 20.2. The maximum atomic E-state index is 12.7. The van der Waals surface area contributed by atoms with Crippen LogP contribution in [0.1, 0.15) is 35.6 Å². The van der Waals surface area contributed by atoms with Gasteiger partial charge in [-0.1, -0.05) is 38.1 Å². The van der Waals surface area contributed by atoms with E-state index in [-0.39, 0.29) is 11.3 Å². The molecule has 0 aromatic carbocycles. The van der Waals surface area contributed by atoms with Gasteiger partial charge in [0.1, 0.15) is 4.83 Å². The van der Waals surface area contributed by atoms with E-state index in [1.54, 1.807) is 11.3 Å². The molecule has 3 N–H and O–H groups in total. The second-order valence-electron chi connectivity index (χ2n) is 7.33. The van der Waals surface area contributed by atoms with Gasteiger partial charge in [0.05, 0.1) is 11.1 Å². The average molecular weight is 479 g/mol. The lowest BCUT2D eigenvalue weighted by Gasteiger charge is -2.08. The minimum atomic E-state index is -0.525. The van der Waals surface area contributed by atoms with E-state index in [0.717, 1.165) is 41.5 Å². The largest absolute Gasteiger partial charge is 0.337 e. The highest BCUT2D eigenvalue weighted by Gasteiger charge is 2.17. The number of carbonyl (C=O) groups is 2. The number of nitrogens with zero attached hydrogens (tertiary/aromatic N) is 1. The Labute approximate surface area is 193 Å². The Bertz CT molecular complexity index is 1110. The molecular weight excluding hydrogens is 452 g/mol. The number of imide groups is 1. The number of aryl methyl sites for hydroxylation is 1. The molecule has 10 heteroatoms. The highest BCUT2D eigenvalue weighted by atomic mass is 32.2. The molecule has 166 valence electrons. The maximum Gasteiger partial charge on any atom is 0.321 e. The number of aromatic nitrogens is 2. The molecular formula is C21H26N4O3S3. The van der Waals surface area contributed by atoms with Crippen LogP contribution in [0.3, 0.4) is 0 Å². The van der Waals surface area contributed by atoms with Crippen LogP contribution in [0.15, 0.2) is 27.5 Å². The fourth-order valence-electron chi connectivity index (χ4n) is 3.06. The first-order valence-electron chi connectivity index (χ1n) is 10.1. The molecule has 3 heterocycles. The molecule has 0 fully saturated rings. The van der Waals surface area contributed by atoms with Crippen molar-refractivity contribution in [3.63, 3.8) is 0 Å². The summed E-state index contributed by atoms with van der Waals surface area (Å²) < 4.78 is 0. The molecule has 7 nitrogen and oxygen atoms in total.